The fraction of sp³-hybridized carbons (Fsp3) is 0.133. The topological polar surface area (TPSA) is 69.9 Å². The molecule has 6 nitrogen and oxygen atoms in total. The van der Waals surface area contributed by atoms with Crippen LogP contribution in [0.5, 0.6) is 0 Å². The van der Waals surface area contributed by atoms with Gasteiger partial charge in [-0.1, -0.05) is 11.8 Å². The van der Waals surface area contributed by atoms with Crippen molar-refractivity contribution in [2.75, 3.05) is 0 Å². The third-order valence-electron chi connectivity index (χ3n) is 3.16. The molecule has 0 N–H and O–H groups in total. The first-order chi connectivity index (χ1) is 11.4. The SMILES string of the molecule is c1coc(Cn2cnnc2SCc2csc(-c3ccoc3)n2)c1. The zero-order chi connectivity index (χ0) is 15.5. The molecular weight excluding hydrogens is 332 g/mol. The molecule has 0 spiro atoms. The quantitative estimate of drug-likeness (QED) is 0.494. The maximum absolute atomic E-state index is 5.36. The summed E-state index contributed by atoms with van der Waals surface area (Å²) in [5, 5.41) is 12.0. The standard InChI is InChI=1S/C15H12N4O2S2/c1-2-13(21-4-1)6-19-10-16-18-15(19)23-9-12-8-22-14(17-12)11-3-5-20-7-11/h1-5,7-8,10H,6,9H2. The van der Waals surface area contributed by atoms with E-state index in [1.54, 1.807) is 48.2 Å². The van der Waals surface area contributed by atoms with Crippen LogP contribution in [-0.4, -0.2) is 19.7 Å². The molecule has 4 heterocycles. The van der Waals surface area contributed by atoms with Gasteiger partial charge in [-0.25, -0.2) is 4.98 Å². The Morgan fingerprint density at radius 3 is 3.09 bits per heavy atom. The Bertz CT molecular complexity index is 865. The number of furan rings is 2. The molecule has 0 saturated heterocycles. The van der Waals surface area contributed by atoms with Gasteiger partial charge in [0.2, 0.25) is 0 Å². The van der Waals surface area contributed by atoms with Gasteiger partial charge >= 0.3 is 0 Å². The summed E-state index contributed by atoms with van der Waals surface area (Å²) in [4.78, 5) is 4.62. The molecule has 0 aliphatic heterocycles. The van der Waals surface area contributed by atoms with Gasteiger partial charge in [0.05, 0.1) is 24.8 Å². The fourth-order valence-electron chi connectivity index (χ4n) is 2.07. The maximum atomic E-state index is 5.36. The van der Waals surface area contributed by atoms with E-state index in [1.165, 1.54) is 0 Å². The first-order valence-electron chi connectivity index (χ1n) is 6.88. The minimum atomic E-state index is 0.625. The van der Waals surface area contributed by atoms with Gasteiger partial charge in [0.25, 0.3) is 0 Å². The van der Waals surface area contributed by atoms with E-state index in [0.29, 0.717) is 6.54 Å². The number of hydrogen-bond acceptors (Lipinski definition) is 7. The molecule has 4 rings (SSSR count). The van der Waals surface area contributed by atoms with Gasteiger partial charge < -0.3 is 13.4 Å². The minimum absolute atomic E-state index is 0.625. The molecule has 0 unspecified atom stereocenters. The van der Waals surface area contributed by atoms with Crippen LogP contribution in [0.15, 0.2) is 62.7 Å². The highest BCUT2D eigenvalue weighted by molar-refractivity contribution is 7.98. The Labute approximate surface area is 140 Å². The van der Waals surface area contributed by atoms with Crippen LogP contribution in [0.2, 0.25) is 0 Å². The molecule has 116 valence electrons. The molecule has 0 aromatic carbocycles. The predicted octanol–water partition coefficient (Wildman–Crippen LogP) is 3.93. The van der Waals surface area contributed by atoms with E-state index in [9.17, 15) is 0 Å². The second kappa shape index (κ2) is 6.43. The average Bonchev–Trinajstić information content (AvgIpc) is 3.34. The Balaban J connectivity index is 1.43. The summed E-state index contributed by atoms with van der Waals surface area (Å²) in [6.45, 7) is 0.625. The molecule has 0 fully saturated rings. The van der Waals surface area contributed by atoms with E-state index in [0.717, 1.165) is 32.9 Å². The lowest BCUT2D eigenvalue weighted by molar-refractivity contribution is 0.484. The molecule has 0 radical (unpaired) electrons. The summed E-state index contributed by atoms with van der Waals surface area (Å²) in [6.07, 6.45) is 6.74. The molecule has 4 aromatic rings. The van der Waals surface area contributed by atoms with Crippen molar-refractivity contribution in [3.8, 4) is 10.6 Å². The first-order valence-corrected chi connectivity index (χ1v) is 8.75. The van der Waals surface area contributed by atoms with Crippen molar-refractivity contribution in [1.82, 2.24) is 19.7 Å². The number of thiazole rings is 1. The van der Waals surface area contributed by atoms with Crippen LogP contribution in [0.4, 0.5) is 0 Å². The Kier molecular flexibility index (Phi) is 3.99. The van der Waals surface area contributed by atoms with Gasteiger partial charge in [-0.2, -0.15) is 0 Å². The number of aromatic nitrogens is 4. The van der Waals surface area contributed by atoms with Crippen molar-refractivity contribution >= 4 is 23.1 Å². The van der Waals surface area contributed by atoms with E-state index in [4.69, 9.17) is 8.83 Å². The van der Waals surface area contributed by atoms with Gasteiger partial charge in [0, 0.05) is 16.7 Å². The number of nitrogens with zero attached hydrogens (tertiary/aromatic N) is 4. The number of hydrogen-bond donors (Lipinski definition) is 0. The summed E-state index contributed by atoms with van der Waals surface area (Å²) >= 11 is 3.22. The normalized spacial score (nSPS) is 11.1. The summed E-state index contributed by atoms with van der Waals surface area (Å²) in [7, 11) is 0. The van der Waals surface area contributed by atoms with Crippen molar-refractivity contribution < 1.29 is 8.83 Å². The largest absolute Gasteiger partial charge is 0.472 e. The van der Waals surface area contributed by atoms with E-state index in [1.807, 2.05) is 22.8 Å². The Morgan fingerprint density at radius 1 is 1.26 bits per heavy atom. The predicted molar refractivity (Wildman–Crippen MR) is 87.2 cm³/mol. The van der Waals surface area contributed by atoms with Crippen LogP contribution in [0.1, 0.15) is 11.5 Å². The Hall–Kier alpha value is -2.32. The fourth-order valence-corrected chi connectivity index (χ4v) is 3.78. The molecule has 0 aliphatic carbocycles. The molecule has 8 heteroatoms. The molecule has 0 aliphatic rings. The summed E-state index contributed by atoms with van der Waals surface area (Å²) in [5.74, 6) is 1.62. The lowest BCUT2D eigenvalue weighted by atomic mass is 10.4. The molecular formula is C15H12N4O2S2. The van der Waals surface area contributed by atoms with Gasteiger partial charge in [0.1, 0.15) is 23.4 Å². The van der Waals surface area contributed by atoms with Crippen LogP contribution < -0.4 is 0 Å². The smallest absolute Gasteiger partial charge is 0.191 e. The zero-order valence-electron chi connectivity index (χ0n) is 12.0. The van der Waals surface area contributed by atoms with Crippen LogP contribution in [0.3, 0.4) is 0 Å². The molecule has 23 heavy (non-hydrogen) atoms. The highest BCUT2D eigenvalue weighted by Gasteiger charge is 2.10. The monoisotopic (exact) mass is 344 g/mol. The summed E-state index contributed by atoms with van der Waals surface area (Å²) in [5.41, 5.74) is 2.02. The zero-order valence-corrected chi connectivity index (χ0v) is 13.6. The second-order valence-corrected chi connectivity index (χ2v) is 6.57. The van der Waals surface area contributed by atoms with Crippen LogP contribution in [0, 0.1) is 0 Å². The van der Waals surface area contributed by atoms with Crippen molar-refractivity contribution in [2.24, 2.45) is 0 Å². The van der Waals surface area contributed by atoms with Crippen molar-refractivity contribution in [3.05, 3.63) is 60.2 Å². The lowest BCUT2D eigenvalue weighted by Gasteiger charge is -2.03. The molecule has 0 bridgehead atoms. The second-order valence-electron chi connectivity index (χ2n) is 4.77. The summed E-state index contributed by atoms with van der Waals surface area (Å²) < 4.78 is 12.4. The lowest BCUT2D eigenvalue weighted by Crippen LogP contribution is -1.99. The van der Waals surface area contributed by atoms with Gasteiger partial charge in [-0.15, -0.1) is 21.5 Å². The maximum Gasteiger partial charge on any atom is 0.191 e. The molecule has 0 amide bonds. The number of rotatable bonds is 6. The van der Waals surface area contributed by atoms with Crippen LogP contribution in [0.25, 0.3) is 10.6 Å². The molecule has 0 saturated carbocycles. The van der Waals surface area contributed by atoms with Gasteiger partial charge in [-0.3, -0.25) is 0 Å². The Morgan fingerprint density at radius 2 is 2.26 bits per heavy atom. The van der Waals surface area contributed by atoms with Crippen molar-refractivity contribution in [3.63, 3.8) is 0 Å². The number of thioether (sulfide) groups is 1. The van der Waals surface area contributed by atoms with Crippen LogP contribution in [-0.2, 0) is 12.3 Å². The third-order valence-corrected chi connectivity index (χ3v) is 5.11. The third kappa shape index (κ3) is 3.22. The van der Waals surface area contributed by atoms with Crippen LogP contribution >= 0.6 is 23.1 Å². The summed E-state index contributed by atoms with van der Waals surface area (Å²) in [6, 6.07) is 5.72. The van der Waals surface area contributed by atoms with Crippen molar-refractivity contribution in [2.45, 2.75) is 17.5 Å². The van der Waals surface area contributed by atoms with E-state index in [-0.39, 0.29) is 0 Å². The first kappa shape index (κ1) is 14.3. The van der Waals surface area contributed by atoms with Gasteiger partial charge in [-0.05, 0) is 18.2 Å². The van der Waals surface area contributed by atoms with E-state index >= 15 is 0 Å². The minimum Gasteiger partial charge on any atom is -0.472 e. The van der Waals surface area contributed by atoms with Gasteiger partial charge in [0.15, 0.2) is 5.16 Å². The highest BCUT2D eigenvalue weighted by atomic mass is 32.2. The van der Waals surface area contributed by atoms with E-state index in [2.05, 4.69) is 20.6 Å². The highest BCUT2D eigenvalue weighted by Crippen LogP contribution is 2.27. The molecule has 4 aromatic heterocycles. The van der Waals surface area contributed by atoms with E-state index < -0.39 is 0 Å². The molecule has 0 atom stereocenters. The van der Waals surface area contributed by atoms with Crippen molar-refractivity contribution in [1.29, 1.82) is 0 Å². The average molecular weight is 344 g/mol.